The second-order valence-electron chi connectivity index (χ2n) is 16.5. The number of fused-ring (bicyclic) bond motifs is 2. The number of hydrogen-bond acceptors (Lipinski definition) is 7. The van der Waals surface area contributed by atoms with Crippen molar-refractivity contribution in [3.63, 3.8) is 0 Å². The molecule has 9 nitrogen and oxygen atoms in total. The van der Waals surface area contributed by atoms with Crippen molar-refractivity contribution in [2.24, 2.45) is 5.92 Å². The molecule has 4 aromatic carbocycles. The zero-order valence-electron chi connectivity index (χ0n) is 34.4. The van der Waals surface area contributed by atoms with Crippen molar-refractivity contribution in [2.45, 2.75) is 103 Å². The fourth-order valence-electron chi connectivity index (χ4n) is 9.07. The summed E-state index contributed by atoms with van der Waals surface area (Å²) in [7, 11) is 0. The highest BCUT2D eigenvalue weighted by Gasteiger charge is 2.39. The van der Waals surface area contributed by atoms with Crippen LogP contribution in [0.3, 0.4) is 0 Å². The largest absolute Gasteiger partial charge is 0.493 e. The van der Waals surface area contributed by atoms with E-state index in [2.05, 4.69) is 59.4 Å². The van der Waals surface area contributed by atoms with Crippen LogP contribution in [0.1, 0.15) is 96.7 Å². The lowest BCUT2D eigenvalue weighted by atomic mass is 9.89. The second kappa shape index (κ2) is 18.1. The number of carbonyl (C=O) groups excluding carboxylic acids is 1. The number of aromatic nitrogens is 1. The zero-order chi connectivity index (χ0) is 40.9. The Kier molecular flexibility index (Phi) is 12.3. The van der Waals surface area contributed by atoms with Gasteiger partial charge in [0.05, 0.1) is 12.6 Å². The van der Waals surface area contributed by atoms with Gasteiger partial charge in [-0.3, -0.25) is 14.7 Å². The topological polar surface area (TPSA) is 110 Å². The van der Waals surface area contributed by atoms with Gasteiger partial charge >= 0.3 is 5.97 Å². The summed E-state index contributed by atoms with van der Waals surface area (Å²) in [5.41, 5.74) is 9.21. The molecule has 0 spiro atoms. The third-order valence-electron chi connectivity index (χ3n) is 12.6. The van der Waals surface area contributed by atoms with E-state index in [0.29, 0.717) is 37.0 Å². The van der Waals surface area contributed by atoms with Gasteiger partial charge < -0.3 is 24.6 Å². The molecular weight excluding hydrogens is 739 g/mol. The van der Waals surface area contributed by atoms with Crippen LogP contribution in [0, 0.1) is 19.8 Å². The van der Waals surface area contributed by atoms with Crippen molar-refractivity contribution < 1.29 is 28.9 Å². The SMILES string of the molecule is CC[C@@H](c1ccccc1)N1Cc2cc3c(cc2C[C@H]1C(=O)NC(Cc1ccc(-c2ccnc(C)c2C)cc1)C(=O)O)OC[C@H](c1ccc(OCC2CCCCC2)cc1)O3. The Morgan fingerprint density at radius 2 is 1.66 bits per heavy atom. The lowest BCUT2D eigenvalue weighted by Crippen LogP contribution is -2.55. The molecule has 0 bridgehead atoms. The number of ether oxygens (including phenoxy) is 3. The van der Waals surface area contributed by atoms with Crippen LogP contribution < -0.4 is 19.5 Å². The van der Waals surface area contributed by atoms with Crippen LogP contribution in [-0.2, 0) is 29.0 Å². The van der Waals surface area contributed by atoms with E-state index in [4.69, 9.17) is 14.2 Å². The van der Waals surface area contributed by atoms with E-state index in [1.807, 2.05) is 73.7 Å². The molecule has 59 heavy (non-hydrogen) atoms. The fraction of sp³-hybridized carbons (Fsp3) is 0.380. The van der Waals surface area contributed by atoms with E-state index in [1.165, 1.54) is 32.1 Å². The number of carboxylic acids is 1. The van der Waals surface area contributed by atoms with Gasteiger partial charge in [0.25, 0.3) is 0 Å². The standard InChI is InChI=1S/C50H55N3O6/c1-4-44(37-13-9-6-10-14-37)53-29-40-28-47-46(58-31-48(59-47)38-19-21-41(22-20-38)57-30-35-11-7-5-8-12-35)27-39(40)26-45(53)49(54)52-43(50(55)56)25-34-15-17-36(18-16-34)42-23-24-51-33(3)32(42)2/h6,9-10,13-24,27-28,35,43-45,48H,4-5,7-8,11-12,25-26,29-31H2,1-3H3,(H,52,54)(H,55,56)/t43?,44-,45-,48+/m0/s1. The third kappa shape index (κ3) is 9.15. The maximum Gasteiger partial charge on any atom is 0.326 e. The number of hydrogen-bond donors (Lipinski definition) is 2. The summed E-state index contributed by atoms with van der Waals surface area (Å²) in [5, 5.41) is 13.3. The van der Waals surface area contributed by atoms with Gasteiger partial charge in [-0.1, -0.05) is 92.9 Å². The molecule has 1 saturated carbocycles. The summed E-state index contributed by atoms with van der Waals surface area (Å²) in [6, 6.07) is 30.6. The summed E-state index contributed by atoms with van der Waals surface area (Å²) in [6.45, 7) is 7.78. The first-order valence-electron chi connectivity index (χ1n) is 21.3. The van der Waals surface area contributed by atoms with Crippen molar-refractivity contribution in [2.75, 3.05) is 13.2 Å². The van der Waals surface area contributed by atoms with E-state index < -0.39 is 18.1 Å². The summed E-state index contributed by atoms with van der Waals surface area (Å²) in [5.74, 6) is 1.47. The molecular formula is C50H55N3O6. The first-order chi connectivity index (χ1) is 28.7. The molecule has 1 aromatic heterocycles. The lowest BCUT2D eigenvalue weighted by Gasteiger charge is -2.42. The minimum atomic E-state index is -1.10. The number of benzene rings is 4. The number of carboxylic acid groups (broad SMARTS) is 1. The predicted octanol–water partition coefficient (Wildman–Crippen LogP) is 9.53. The van der Waals surface area contributed by atoms with Crippen LogP contribution in [0.4, 0.5) is 0 Å². The average molecular weight is 794 g/mol. The fourth-order valence-corrected chi connectivity index (χ4v) is 9.07. The molecule has 0 saturated heterocycles. The van der Waals surface area contributed by atoms with Gasteiger partial charge in [-0.05, 0) is 120 Å². The molecule has 0 radical (unpaired) electrons. The van der Waals surface area contributed by atoms with E-state index in [9.17, 15) is 14.7 Å². The highest BCUT2D eigenvalue weighted by molar-refractivity contribution is 5.87. The summed E-state index contributed by atoms with van der Waals surface area (Å²) in [6.07, 6.45) is 9.29. The van der Waals surface area contributed by atoms with E-state index in [-0.39, 0.29) is 24.5 Å². The van der Waals surface area contributed by atoms with Crippen molar-refractivity contribution in [3.05, 3.63) is 142 Å². The van der Waals surface area contributed by atoms with E-state index in [0.717, 1.165) is 69.0 Å². The molecule has 306 valence electrons. The highest BCUT2D eigenvalue weighted by Crippen LogP contribution is 2.43. The van der Waals surface area contributed by atoms with Crippen molar-refractivity contribution >= 4 is 11.9 Å². The van der Waals surface area contributed by atoms with Gasteiger partial charge in [0.2, 0.25) is 5.91 Å². The molecule has 2 aliphatic heterocycles. The van der Waals surface area contributed by atoms with Gasteiger partial charge in [-0.2, -0.15) is 0 Å². The number of carbonyl (C=O) groups is 2. The molecule has 1 amide bonds. The Balaban J connectivity index is 0.994. The minimum Gasteiger partial charge on any atom is -0.493 e. The number of aryl methyl sites for hydroxylation is 1. The highest BCUT2D eigenvalue weighted by atomic mass is 16.6. The molecule has 1 aliphatic carbocycles. The predicted molar refractivity (Wildman–Crippen MR) is 229 cm³/mol. The van der Waals surface area contributed by atoms with Crippen LogP contribution in [0.2, 0.25) is 0 Å². The van der Waals surface area contributed by atoms with E-state index >= 15 is 0 Å². The van der Waals surface area contributed by atoms with Gasteiger partial charge in [0.1, 0.15) is 18.4 Å². The molecule has 2 N–H and O–H groups in total. The molecule has 8 rings (SSSR count). The summed E-state index contributed by atoms with van der Waals surface area (Å²) in [4.78, 5) is 33.7. The molecule has 1 fully saturated rings. The summed E-state index contributed by atoms with van der Waals surface area (Å²) < 4.78 is 19.1. The van der Waals surface area contributed by atoms with Gasteiger partial charge in [-0.15, -0.1) is 0 Å². The molecule has 3 aliphatic rings. The minimum absolute atomic E-state index is 0.0731. The van der Waals surface area contributed by atoms with Crippen LogP contribution in [0.15, 0.2) is 103 Å². The quantitative estimate of drug-likeness (QED) is 0.121. The molecule has 9 heteroatoms. The smallest absolute Gasteiger partial charge is 0.326 e. The zero-order valence-corrected chi connectivity index (χ0v) is 34.4. The van der Waals surface area contributed by atoms with Crippen LogP contribution in [0.25, 0.3) is 11.1 Å². The van der Waals surface area contributed by atoms with Crippen molar-refractivity contribution in [1.29, 1.82) is 0 Å². The monoisotopic (exact) mass is 793 g/mol. The normalized spacial score (nSPS) is 19.0. The Labute approximate surface area is 347 Å². The van der Waals surface area contributed by atoms with Crippen molar-refractivity contribution in [3.8, 4) is 28.4 Å². The van der Waals surface area contributed by atoms with Gasteiger partial charge in [0, 0.05) is 30.9 Å². The summed E-state index contributed by atoms with van der Waals surface area (Å²) >= 11 is 0. The lowest BCUT2D eigenvalue weighted by molar-refractivity contribution is -0.143. The van der Waals surface area contributed by atoms with E-state index in [1.54, 1.807) is 6.20 Å². The van der Waals surface area contributed by atoms with Gasteiger partial charge in [-0.25, -0.2) is 4.79 Å². The Morgan fingerprint density at radius 1 is 0.915 bits per heavy atom. The number of rotatable bonds is 13. The maximum absolute atomic E-state index is 14.4. The van der Waals surface area contributed by atoms with Crippen LogP contribution in [-0.4, -0.2) is 52.2 Å². The number of pyridine rings is 1. The van der Waals surface area contributed by atoms with Crippen LogP contribution >= 0.6 is 0 Å². The Morgan fingerprint density at radius 3 is 2.39 bits per heavy atom. The molecule has 1 unspecified atom stereocenters. The maximum atomic E-state index is 14.4. The number of nitrogens with one attached hydrogen (secondary N) is 1. The number of nitrogens with zero attached hydrogens (tertiary/aromatic N) is 2. The number of amides is 1. The Bertz CT molecular complexity index is 2240. The average Bonchev–Trinajstić information content (AvgIpc) is 3.26. The molecule has 3 heterocycles. The molecule has 5 aromatic rings. The Hall–Kier alpha value is -5.67. The first kappa shape index (κ1) is 40.1. The number of aliphatic carboxylic acids is 1. The van der Waals surface area contributed by atoms with Crippen LogP contribution in [0.5, 0.6) is 17.2 Å². The molecule has 4 atom stereocenters. The second-order valence-corrected chi connectivity index (χ2v) is 16.5. The first-order valence-corrected chi connectivity index (χ1v) is 21.3. The third-order valence-corrected chi connectivity index (χ3v) is 12.6. The van der Waals surface area contributed by atoms with Crippen molar-refractivity contribution in [1.82, 2.24) is 15.2 Å². The van der Waals surface area contributed by atoms with Gasteiger partial charge in [0.15, 0.2) is 17.6 Å².